The summed E-state index contributed by atoms with van der Waals surface area (Å²) >= 11 is 0. The maximum absolute atomic E-state index is 12.6. The maximum Gasteiger partial charge on any atom is 0.293 e. The predicted molar refractivity (Wildman–Crippen MR) is 75.1 cm³/mol. The molecule has 0 spiro atoms. The summed E-state index contributed by atoms with van der Waals surface area (Å²) in [5.74, 6) is -1.97. The third-order valence-electron chi connectivity index (χ3n) is 4.48. The Bertz CT molecular complexity index is 726. The molecule has 2 amide bonds. The van der Waals surface area contributed by atoms with Crippen LogP contribution in [0.25, 0.3) is 0 Å². The van der Waals surface area contributed by atoms with Gasteiger partial charge in [0.2, 0.25) is 11.8 Å². The molecule has 1 aromatic rings. The quantitative estimate of drug-likeness (QED) is 0.356. The van der Waals surface area contributed by atoms with Crippen LogP contribution >= 0.6 is 0 Å². The van der Waals surface area contributed by atoms with Crippen molar-refractivity contribution >= 4 is 23.2 Å². The van der Waals surface area contributed by atoms with Crippen molar-refractivity contribution in [1.29, 1.82) is 0 Å². The number of nitrogens with zero attached hydrogens (tertiary/aromatic N) is 2. The van der Waals surface area contributed by atoms with Crippen molar-refractivity contribution < 1.29 is 19.2 Å². The van der Waals surface area contributed by atoms with Crippen LogP contribution in [0.4, 0.5) is 11.4 Å². The second-order valence-corrected chi connectivity index (χ2v) is 5.76. The van der Waals surface area contributed by atoms with Gasteiger partial charge in [-0.3, -0.25) is 19.7 Å². The Morgan fingerprint density at radius 2 is 1.73 bits per heavy atom. The van der Waals surface area contributed by atoms with Crippen molar-refractivity contribution in [2.75, 3.05) is 4.90 Å². The normalized spacial score (nSPS) is 32.0. The van der Waals surface area contributed by atoms with Crippen LogP contribution in [0.2, 0.25) is 0 Å². The first kappa shape index (κ1) is 13.1. The molecule has 3 heterocycles. The van der Waals surface area contributed by atoms with E-state index in [1.54, 1.807) is 25.1 Å². The van der Waals surface area contributed by atoms with Gasteiger partial charge in [0.15, 0.2) is 0 Å². The number of hydrogen-bond acceptors (Lipinski definition) is 5. The maximum atomic E-state index is 12.6. The topological polar surface area (TPSA) is 89.8 Å². The Morgan fingerprint density at radius 3 is 2.27 bits per heavy atom. The third kappa shape index (κ3) is 1.54. The highest BCUT2D eigenvalue weighted by Crippen LogP contribution is 2.47. The minimum absolute atomic E-state index is 0.0411. The zero-order valence-electron chi connectivity index (χ0n) is 11.6. The lowest BCUT2D eigenvalue weighted by atomic mass is 9.85. The number of carbonyl (C=O) groups is 2. The van der Waals surface area contributed by atoms with Gasteiger partial charge in [0.25, 0.3) is 5.69 Å². The smallest absolute Gasteiger partial charge is 0.293 e. The van der Waals surface area contributed by atoms with Gasteiger partial charge in [-0.2, -0.15) is 0 Å². The number of benzene rings is 1. The Morgan fingerprint density at radius 1 is 1.14 bits per heavy atom. The van der Waals surface area contributed by atoms with Gasteiger partial charge in [0.1, 0.15) is 5.69 Å². The van der Waals surface area contributed by atoms with Crippen LogP contribution < -0.4 is 4.90 Å². The molecule has 4 atom stereocenters. The number of hydrogen-bond donors (Lipinski definition) is 0. The van der Waals surface area contributed by atoms with Crippen molar-refractivity contribution in [2.24, 2.45) is 11.8 Å². The molecule has 4 rings (SSSR count). The van der Waals surface area contributed by atoms with Gasteiger partial charge >= 0.3 is 0 Å². The van der Waals surface area contributed by atoms with Crippen molar-refractivity contribution in [1.82, 2.24) is 0 Å². The van der Waals surface area contributed by atoms with E-state index in [1.165, 1.54) is 12.1 Å². The molecule has 0 saturated carbocycles. The minimum Gasteiger partial charge on any atom is -0.365 e. The molecule has 0 radical (unpaired) electrons. The highest BCUT2D eigenvalue weighted by Gasteiger charge is 2.61. The SMILES string of the molecule is Cc1ccc(N2C(=O)[C@@H]3[C@H](C2=O)[C@@H]2C=C[C@H]3O2)c([N+](=O)[O-])c1. The largest absolute Gasteiger partial charge is 0.365 e. The molecular weight excluding hydrogens is 288 g/mol. The summed E-state index contributed by atoms with van der Waals surface area (Å²) in [4.78, 5) is 36.9. The molecular formula is C15H12N2O5. The minimum atomic E-state index is -0.569. The van der Waals surface area contributed by atoms with Crippen LogP contribution in [0.15, 0.2) is 30.4 Å². The lowest BCUT2D eigenvalue weighted by molar-refractivity contribution is -0.384. The molecule has 7 heteroatoms. The highest BCUT2D eigenvalue weighted by atomic mass is 16.6. The van der Waals surface area contributed by atoms with Crippen LogP contribution in [-0.4, -0.2) is 28.9 Å². The van der Waals surface area contributed by atoms with E-state index in [2.05, 4.69) is 0 Å². The van der Waals surface area contributed by atoms with E-state index in [-0.39, 0.29) is 11.4 Å². The number of imide groups is 1. The number of nitro groups is 1. The van der Waals surface area contributed by atoms with Gasteiger partial charge in [0.05, 0.1) is 29.0 Å². The molecule has 112 valence electrons. The third-order valence-corrected chi connectivity index (χ3v) is 4.48. The Balaban J connectivity index is 1.81. The first-order valence-corrected chi connectivity index (χ1v) is 6.95. The van der Waals surface area contributed by atoms with Crippen molar-refractivity contribution in [3.8, 4) is 0 Å². The lowest BCUT2D eigenvalue weighted by Gasteiger charge is -2.17. The second kappa shape index (κ2) is 4.23. The highest BCUT2D eigenvalue weighted by molar-refractivity contribution is 6.24. The van der Waals surface area contributed by atoms with Crippen molar-refractivity contribution in [3.63, 3.8) is 0 Å². The standard InChI is InChI=1S/C15H12N2O5/c1-7-2-3-8(9(6-7)17(20)21)16-14(18)12-10-4-5-11(22-10)13(12)15(16)19/h2-6,10-13H,1H3/t10-,11+,12+,13-. The summed E-state index contributed by atoms with van der Waals surface area (Å²) in [5.41, 5.74) is 0.502. The van der Waals surface area contributed by atoms with Gasteiger partial charge in [-0.05, 0) is 18.6 Å². The first-order chi connectivity index (χ1) is 10.5. The molecule has 22 heavy (non-hydrogen) atoms. The summed E-state index contributed by atoms with van der Waals surface area (Å²) < 4.78 is 5.55. The van der Waals surface area contributed by atoms with Crippen LogP contribution in [0.3, 0.4) is 0 Å². The number of fused-ring (bicyclic) bond motifs is 5. The van der Waals surface area contributed by atoms with Crippen LogP contribution in [0.5, 0.6) is 0 Å². The number of aryl methyl sites for hydroxylation is 1. The van der Waals surface area contributed by atoms with E-state index in [1.807, 2.05) is 0 Å². The van der Waals surface area contributed by atoms with Gasteiger partial charge < -0.3 is 4.74 Å². The number of amides is 2. The first-order valence-electron chi connectivity index (χ1n) is 6.95. The molecule has 2 fully saturated rings. The van der Waals surface area contributed by atoms with E-state index >= 15 is 0 Å². The molecule has 3 aliphatic rings. The van der Waals surface area contributed by atoms with Crippen LogP contribution in [-0.2, 0) is 14.3 Å². The number of rotatable bonds is 2. The summed E-state index contributed by atoms with van der Waals surface area (Å²) in [5, 5.41) is 11.3. The second-order valence-electron chi connectivity index (χ2n) is 5.76. The molecule has 2 saturated heterocycles. The van der Waals surface area contributed by atoms with E-state index in [0.717, 1.165) is 4.90 Å². The van der Waals surface area contributed by atoms with Crippen LogP contribution in [0.1, 0.15) is 5.56 Å². The zero-order valence-corrected chi connectivity index (χ0v) is 11.6. The van der Waals surface area contributed by atoms with E-state index in [0.29, 0.717) is 5.56 Å². The van der Waals surface area contributed by atoms with Gasteiger partial charge in [0, 0.05) is 6.07 Å². The molecule has 0 aromatic heterocycles. The average Bonchev–Trinajstić information content (AvgIpc) is 3.14. The van der Waals surface area contributed by atoms with Crippen molar-refractivity contribution in [2.45, 2.75) is 19.1 Å². The monoisotopic (exact) mass is 300 g/mol. The molecule has 0 aliphatic carbocycles. The Kier molecular flexibility index (Phi) is 2.53. The Labute approximate surface area is 125 Å². The summed E-state index contributed by atoms with van der Waals surface area (Å²) in [6.45, 7) is 1.72. The number of carbonyl (C=O) groups excluding carboxylic acids is 2. The predicted octanol–water partition coefficient (Wildman–Crippen LogP) is 1.35. The molecule has 0 N–H and O–H groups in total. The fourth-order valence-corrected chi connectivity index (χ4v) is 3.51. The van der Waals surface area contributed by atoms with E-state index < -0.39 is 40.8 Å². The fraction of sp³-hybridized carbons (Fsp3) is 0.333. The van der Waals surface area contributed by atoms with Gasteiger partial charge in [-0.25, -0.2) is 4.90 Å². The summed E-state index contributed by atoms with van der Waals surface area (Å²) in [7, 11) is 0. The average molecular weight is 300 g/mol. The number of ether oxygens (including phenoxy) is 1. The summed E-state index contributed by atoms with van der Waals surface area (Å²) in [6, 6.07) is 4.48. The number of anilines is 1. The van der Waals surface area contributed by atoms with Gasteiger partial charge in [-0.15, -0.1) is 0 Å². The van der Waals surface area contributed by atoms with E-state index in [9.17, 15) is 19.7 Å². The molecule has 3 aliphatic heterocycles. The van der Waals surface area contributed by atoms with Crippen LogP contribution in [0, 0.1) is 28.9 Å². The molecule has 1 aromatic carbocycles. The van der Waals surface area contributed by atoms with Gasteiger partial charge in [-0.1, -0.05) is 18.2 Å². The fourth-order valence-electron chi connectivity index (χ4n) is 3.51. The molecule has 2 bridgehead atoms. The summed E-state index contributed by atoms with van der Waals surface area (Å²) in [6.07, 6.45) is 2.76. The van der Waals surface area contributed by atoms with E-state index in [4.69, 9.17) is 4.74 Å². The molecule has 7 nitrogen and oxygen atoms in total. The zero-order chi connectivity index (χ0) is 15.6. The molecule has 0 unspecified atom stereocenters. The lowest BCUT2D eigenvalue weighted by Crippen LogP contribution is -2.34. The Hall–Kier alpha value is -2.54. The number of nitro benzene ring substituents is 1. The van der Waals surface area contributed by atoms with Crippen molar-refractivity contribution in [3.05, 3.63) is 46.0 Å².